The number of urea groups is 1. The monoisotopic (exact) mass is 442 g/mol. The molecule has 2 fully saturated rings. The summed E-state index contributed by atoms with van der Waals surface area (Å²) in [6, 6.07) is 5.38. The molecule has 0 radical (unpaired) electrons. The van der Waals surface area contributed by atoms with Crippen LogP contribution in [0.5, 0.6) is 0 Å². The van der Waals surface area contributed by atoms with E-state index >= 15 is 0 Å². The summed E-state index contributed by atoms with van der Waals surface area (Å²) in [7, 11) is 3.94. The van der Waals surface area contributed by atoms with Crippen molar-refractivity contribution in [1.82, 2.24) is 15.1 Å². The zero-order valence-corrected chi connectivity index (χ0v) is 20.4. The van der Waals surface area contributed by atoms with Crippen LogP contribution in [0.25, 0.3) is 0 Å². The number of carbonyl (C=O) groups is 3. The van der Waals surface area contributed by atoms with Crippen LogP contribution in [0.15, 0.2) is 18.2 Å². The lowest BCUT2D eigenvalue weighted by atomic mass is 9.65. The van der Waals surface area contributed by atoms with Crippen LogP contribution in [-0.2, 0) is 16.1 Å². The van der Waals surface area contributed by atoms with E-state index in [-0.39, 0.29) is 23.8 Å². The first kappa shape index (κ1) is 24.2. The summed E-state index contributed by atoms with van der Waals surface area (Å²) < 4.78 is 0. The van der Waals surface area contributed by atoms with E-state index in [1.54, 1.807) is 0 Å². The molecule has 0 unspecified atom stereocenters. The van der Waals surface area contributed by atoms with E-state index in [0.29, 0.717) is 31.0 Å². The standard InChI is InChI=1S/C25H38N4O3/c1-7-24(3,4)19-10-12-25(13-11-19)22(31)29(23(32)27-25)16-21(30)26-20-9-8-17(2)14-18(20)15-28(5)6/h8-9,14,19H,7,10-13,15-16H2,1-6H3,(H,26,30)(H,27,32). The van der Waals surface area contributed by atoms with Crippen molar-refractivity contribution in [1.29, 1.82) is 0 Å². The number of carbonyl (C=O) groups excluding carboxylic acids is 3. The molecule has 1 saturated heterocycles. The van der Waals surface area contributed by atoms with Crippen LogP contribution < -0.4 is 10.6 Å². The molecule has 1 spiro atoms. The first-order chi connectivity index (χ1) is 15.0. The fraction of sp³-hybridized carbons (Fsp3) is 0.640. The van der Waals surface area contributed by atoms with Gasteiger partial charge >= 0.3 is 6.03 Å². The average Bonchev–Trinajstić information content (AvgIpc) is 2.94. The predicted molar refractivity (Wildman–Crippen MR) is 126 cm³/mol. The minimum absolute atomic E-state index is 0.227. The third kappa shape index (κ3) is 4.98. The topological polar surface area (TPSA) is 81.8 Å². The molecule has 0 bridgehead atoms. The van der Waals surface area contributed by atoms with Crippen molar-refractivity contribution in [3.63, 3.8) is 0 Å². The predicted octanol–water partition coefficient (Wildman–Crippen LogP) is 3.91. The van der Waals surface area contributed by atoms with Gasteiger partial charge in [0.1, 0.15) is 12.1 Å². The minimum atomic E-state index is -0.850. The maximum absolute atomic E-state index is 13.2. The molecule has 1 heterocycles. The Bertz CT molecular complexity index is 885. The van der Waals surface area contributed by atoms with Crippen molar-refractivity contribution < 1.29 is 14.4 Å². The number of nitrogens with zero attached hydrogens (tertiary/aromatic N) is 2. The number of amides is 4. The quantitative estimate of drug-likeness (QED) is 0.627. The average molecular weight is 443 g/mol. The van der Waals surface area contributed by atoms with E-state index in [1.807, 2.05) is 44.1 Å². The van der Waals surface area contributed by atoms with Gasteiger partial charge in [-0.15, -0.1) is 0 Å². The molecular weight excluding hydrogens is 404 g/mol. The Kier molecular flexibility index (Phi) is 6.98. The summed E-state index contributed by atoms with van der Waals surface area (Å²) in [5.74, 6) is -0.0881. The van der Waals surface area contributed by atoms with Crippen molar-refractivity contribution in [2.24, 2.45) is 11.3 Å². The summed E-state index contributed by atoms with van der Waals surface area (Å²) in [5.41, 5.74) is 2.19. The fourth-order valence-electron chi connectivity index (χ4n) is 4.99. The zero-order chi connectivity index (χ0) is 23.7. The van der Waals surface area contributed by atoms with Crippen LogP contribution in [0.1, 0.15) is 64.0 Å². The molecule has 32 heavy (non-hydrogen) atoms. The lowest BCUT2D eigenvalue weighted by molar-refractivity contribution is -0.135. The van der Waals surface area contributed by atoms with Crippen LogP contribution in [0.3, 0.4) is 0 Å². The largest absolute Gasteiger partial charge is 0.325 e. The van der Waals surface area contributed by atoms with Crippen molar-refractivity contribution in [3.05, 3.63) is 29.3 Å². The smallest absolute Gasteiger partial charge is 0.324 e. The molecule has 0 aromatic heterocycles. The number of hydrogen-bond acceptors (Lipinski definition) is 4. The van der Waals surface area contributed by atoms with E-state index in [1.165, 1.54) is 0 Å². The van der Waals surface area contributed by atoms with Gasteiger partial charge in [-0.3, -0.25) is 14.5 Å². The molecule has 1 aliphatic heterocycles. The number of nitrogens with one attached hydrogen (secondary N) is 2. The summed E-state index contributed by atoms with van der Waals surface area (Å²) >= 11 is 0. The molecule has 7 heteroatoms. The van der Waals surface area contributed by atoms with Gasteiger partial charge in [-0.05, 0) is 69.7 Å². The maximum atomic E-state index is 13.2. The Hall–Kier alpha value is -2.41. The van der Waals surface area contributed by atoms with Gasteiger partial charge in [0.25, 0.3) is 5.91 Å². The number of rotatable bonds is 7. The van der Waals surface area contributed by atoms with Crippen LogP contribution in [0.4, 0.5) is 10.5 Å². The molecule has 0 atom stereocenters. The highest BCUT2D eigenvalue weighted by Gasteiger charge is 2.53. The minimum Gasteiger partial charge on any atom is -0.324 e. The Morgan fingerprint density at radius 3 is 2.50 bits per heavy atom. The molecular formula is C25H38N4O3. The molecule has 1 aromatic rings. The molecule has 4 amide bonds. The first-order valence-corrected chi connectivity index (χ1v) is 11.7. The highest BCUT2D eigenvalue weighted by molar-refractivity contribution is 6.10. The number of benzene rings is 1. The second kappa shape index (κ2) is 9.22. The van der Waals surface area contributed by atoms with Gasteiger partial charge in [0.15, 0.2) is 0 Å². The summed E-state index contributed by atoms with van der Waals surface area (Å²) in [6.07, 6.45) is 4.17. The maximum Gasteiger partial charge on any atom is 0.325 e. The third-order valence-corrected chi connectivity index (χ3v) is 7.42. The Labute approximate surface area is 191 Å². The van der Waals surface area contributed by atoms with Crippen molar-refractivity contribution >= 4 is 23.5 Å². The van der Waals surface area contributed by atoms with Gasteiger partial charge in [0.2, 0.25) is 5.91 Å². The van der Waals surface area contributed by atoms with E-state index in [2.05, 4.69) is 31.4 Å². The molecule has 1 saturated carbocycles. The second-order valence-electron chi connectivity index (χ2n) is 10.5. The summed E-state index contributed by atoms with van der Waals surface area (Å²) in [6.45, 7) is 9.16. The molecule has 1 aromatic carbocycles. The lowest BCUT2D eigenvalue weighted by Gasteiger charge is -2.42. The molecule has 2 N–H and O–H groups in total. The number of imide groups is 1. The van der Waals surface area contributed by atoms with E-state index in [9.17, 15) is 14.4 Å². The summed E-state index contributed by atoms with van der Waals surface area (Å²) in [4.78, 5) is 41.8. The van der Waals surface area contributed by atoms with Gasteiger partial charge in [-0.1, -0.05) is 44.9 Å². The van der Waals surface area contributed by atoms with Crippen molar-refractivity contribution in [2.45, 2.75) is 71.9 Å². The van der Waals surface area contributed by atoms with Crippen LogP contribution >= 0.6 is 0 Å². The number of anilines is 1. The molecule has 7 nitrogen and oxygen atoms in total. The third-order valence-electron chi connectivity index (χ3n) is 7.42. The highest BCUT2D eigenvalue weighted by atomic mass is 16.2. The van der Waals surface area contributed by atoms with Gasteiger partial charge in [0.05, 0.1) is 0 Å². The molecule has 2 aliphatic rings. The fourth-order valence-corrected chi connectivity index (χ4v) is 4.99. The lowest BCUT2D eigenvalue weighted by Crippen LogP contribution is -2.51. The highest BCUT2D eigenvalue weighted by Crippen LogP contribution is 2.45. The molecule has 176 valence electrons. The second-order valence-corrected chi connectivity index (χ2v) is 10.5. The number of hydrogen-bond donors (Lipinski definition) is 2. The molecule has 1 aliphatic carbocycles. The first-order valence-electron chi connectivity index (χ1n) is 11.7. The van der Waals surface area contributed by atoms with E-state index in [0.717, 1.165) is 35.3 Å². The van der Waals surface area contributed by atoms with Crippen LogP contribution in [-0.4, -0.2) is 53.8 Å². The van der Waals surface area contributed by atoms with Gasteiger partial charge in [-0.25, -0.2) is 4.79 Å². The normalized spacial score (nSPS) is 23.7. The Morgan fingerprint density at radius 1 is 1.25 bits per heavy atom. The van der Waals surface area contributed by atoms with Crippen molar-refractivity contribution in [2.75, 3.05) is 26.0 Å². The zero-order valence-electron chi connectivity index (χ0n) is 20.4. The van der Waals surface area contributed by atoms with E-state index in [4.69, 9.17) is 0 Å². The van der Waals surface area contributed by atoms with Crippen molar-refractivity contribution in [3.8, 4) is 0 Å². The SMILES string of the molecule is CCC(C)(C)C1CCC2(CC1)NC(=O)N(CC(=O)Nc1ccc(C)cc1CN(C)C)C2=O. The van der Waals surface area contributed by atoms with E-state index < -0.39 is 11.6 Å². The number of aryl methyl sites for hydroxylation is 1. The van der Waals surface area contributed by atoms with Gasteiger partial charge < -0.3 is 15.5 Å². The Morgan fingerprint density at radius 2 is 1.91 bits per heavy atom. The summed E-state index contributed by atoms with van der Waals surface area (Å²) in [5, 5.41) is 5.82. The van der Waals surface area contributed by atoms with Crippen LogP contribution in [0, 0.1) is 18.3 Å². The van der Waals surface area contributed by atoms with Crippen LogP contribution in [0.2, 0.25) is 0 Å². The van der Waals surface area contributed by atoms with Gasteiger partial charge in [0, 0.05) is 12.2 Å². The Balaban J connectivity index is 1.66. The molecule has 3 rings (SSSR count). The van der Waals surface area contributed by atoms with Gasteiger partial charge in [-0.2, -0.15) is 0 Å².